The molecule has 1 aliphatic heterocycles. The standard InChI is InChI=1S/C29H47NO4/c1-9-12-22-15-14-21-19-20(3)13-16-23(21)29(22,8)25(31)24(26(32)33-10-2)34-30-27(4,5)17-11-18-28(30,6)7/h9,12,14-15,20-24H,10-11,13,16-19H2,1-8H3/b12-9+/t20-,21-,22-,23-,24?,29-/m0/s1. The van der Waals surface area contributed by atoms with Gasteiger partial charge in [0.2, 0.25) is 6.10 Å². The van der Waals surface area contributed by atoms with Gasteiger partial charge in [0.15, 0.2) is 5.78 Å². The summed E-state index contributed by atoms with van der Waals surface area (Å²) < 4.78 is 5.44. The first-order valence-electron chi connectivity index (χ1n) is 13.4. The van der Waals surface area contributed by atoms with Crippen molar-refractivity contribution >= 4 is 11.8 Å². The molecule has 0 N–H and O–H groups in total. The van der Waals surface area contributed by atoms with Gasteiger partial charge in [-0.3, -0.25) is 9.63 Å². The fourth-order valence-electron chi connectivity index (χ4n) is 6.98. The number of allylic oxidation sites excluding steroid dienone is 4. The molecule has 5 heteroatoms. The topological polar surface area (TPSA) is 55.8 Å². The minimum Gasteiger partial charge on any atom is -0.464 e. The van der Waals surface area contributed by atoms with E-state index < -0.39 is 17.5 Å². The second-order valence-electron chi connectivity index (χ2n) is 12.3. The van der Waals surface area contributed by atoms with E-state index >= 15 is 0 Å². The van der Waals surface area contributed by atoms with Gasteiger partial charge in [0.1, 0.15) is 0 Å². The molecule has 3 aliphatic rings. The summed E-state index contributed by atoms with van der Waals surface area (Å²) in [7, 11) is 0. The van der Waals surface area contributed by atoms with Crippen molar-refractivity contribution in [1.29, 1.82) is 0 Å². The number of piperidine rings is 1. The molecule has 0 spiro atoms. The van der Waals surface area contributed by atoms with Crippen molar-refractivity contribution in [2.45, 2.75) is 111 Å². The zero-order valence-corrected chi connectivity index (χ0v) is 22.7. The van der Waals surface area contributed by atoms with Crippen molar-refractivity contribution in [1.82, 2.24) is 5.06 Å². The minimum absolute atomic E-state index is 0.0671. The van der Waals surface area contributed by atoms with Crippen LogP contribution in [0.2, 0.25) is 0 Å². The summed E-state index contributed by atoms with van der Waals surface area (Å²) in [5.74, 6) is 0.411. The number of ether oxygens (including phenoxy) is 1. The van der Waals surface area contributed by atoms with Gasteiger partial charge in [0, 0.05) is 22.4 Å². The normalized spacial score (nSPS) is 36.1. The molecule has 6 atom stereocenters. The molecule has 34 heavy (non-hydrogen) atoms. The highest BCUT2D eigenvalue weighted by molar-refractivity contribution is 6.05. The first-order chi connectivity index (χ1) is 15.9. The zero-order chi connectivity index (χ0) is 25.3. The Morgan fingerprint density at radius 2 is 1.74 bits per heavy atom. The summed E-state index contributed by atoms with van der Waals surface area (Å²) in [5, 5.41) is 1.93. The number of carbonyl (C=O) groups excluding carboxylic acids is 2. The molecule has 1 saturated carbocycles. The van der Waals surface area contributed by atoms with Gasteiger partial charge in [-0.05, 0) is 91.4 Å². The largest absolute Gasteiger partial charge is 0.464 e. The summed E-state index contributed by atoms with van der Waals surface area (Å²) in [4.78, 5) is 34.3. The zero-order valence-electron chi connectivity index (χ0n) is 22.7. The van der Waals surface area contributed by atoms with Crippen LogP contribution in [0.1, 0.15) is 93.9 Å². The van der Waals surface area contributed by atoms with Crippen molar-refractivity contribution in [2.24, 2.45) is 29.1 Å². The summed E-state index contributed by atoms with van der Waals surface area (Å²) in [6.07, 6.45) is 13.5. The maximum atomic E-state index is 14.5. The molecular weight excluding hydrogens is 426 g/mol. The quantitative estimate of drug-likeness (QED) is 0.247. The Hall–Kier alpha value is -1.46. The van der Waals surface area contributed by atoms with E-state index in [1.54, 1.807) is 6.92 Å². The van der Waals surface area contributed by atoms with Gasteiger partial charge in [0.25, 0.3) is 0 Å². The first-order valence-corrected chi connectivity index (χ1v) is 13.4. The number of hydroxylamine groups is 2. The number of hydrogen-bond acceptors (Lipinski definition) is 5. The molecule has 0 radical (unpaired) electrons. The Kier molecular flexibility index (Phi) is 8.19. The second-order valence-corrected chi connectivity index (χ2v) is 12.3. The van der Waals surface area contributed by atoms with E-state index in [1.165, 1.54) is 0 Å². The van der Waals surface area contributed by atoms with Crippen molar-refractivity contribution in [2.75, 3.05) is 6.61 Å². The third kappa shape index (κ3) is 5.06. The van der Waals surface area contributed by atoms with Gasteiger partial charge in [-0.2, -0.15) is 5.06 Å². The predicted octanol–water partition coefficient (Wildman–Crippen LogP) is 6.28. The summed E-state index contributed by atoms with van der Waals surface area (Å²) in [5.41, 5.74) is -1.30. The Morgan fingerprint density at radius 1 is 1.09 bits per heavy atom. The highest BCUT2D eigenvalue weighted by Gasteiger charge is 2.56. The molecule has 0 aromatic rings. The Morgan fingerprint density at radius 3 is 2.32 bits per heavy atom. The average molecular weight is 474 g/mol. The van der Waals surface area contributed by atoms with Crippen molar-refractivity contribution in [3.63, 3.8) is 0 Å². The average Bonchev–Trinajstić information content (AvgIpc) is 2.74. The third-order valence-electron chi connectivity index (χ3n) is 8.75. The lowest BCUT2D eigenvalue weighted by Gasteiger charge is -2.53. The smallest absolute Gasteiger partial charge is 0.345 e. The second kappa shape index (κ2) is 10.3. The summed E-state index contributed by atoms with van der Waals surface area (Å²) >= 11 is 0. The van der Waals surface area contributed by atoms with Gasteiger partial charge in [0.05, 0.1) is 6.61 Å². The molecule has 0 bridgehead atoms. The monoisotopic (exact) mass is 473 g/mol. The highest BCUT2D eigenvalue weighted by atomic mass is 16.7. The molecule has 0 amide bonds. The van der Waals surface area contributed by atoms with Crippen molar-refractivity contribution < 1.29 is 19.2 Å². The number of ketones is 1. The minimum atomic E-state index is -1.26. The molecule has 1 unspecified atom stereocenters. The number of hydrogen-bond donors (Lipinski definition) is 0. The number of fused-ring (bicyclic) bond motifs is 1. The van der Waals surface area contributed by atoms with Crippen LogP contribution in [0.15, 0.2) is 24.3 Å². The van der Waals surface area contributed by atoms with Crippen LogP contribution in [0.4, 0.5) is 0 Å². The van der Waals surface area contributed by atoms with Crippen LogP contribution >= 0.6 is 0 Å². The molecule has 2 fully saturated rings. The molecular formula is C29H47NO4. The van der Waals surface area contributed by atoms with E-state index in [9.17, 15) is 9.59 Å². The van der Waals surface area contributed by atoms with Crippen LogP contribution in [0, 0.1) is 29.1 Å². The van der Waals surface area contributed by atoms with E-state index in [1.807, 2.05) is 18.1 Å². The molecule has 0 aromatic heterocycles. The van der Waals surface area contributed by atoms with Crippen LogP contribution < -0.4 is 0 Å². The fraction of sp³-hybridized carbons (Fsp3) is 0.793. The lowest BCUT2D eigenvalue weighted by molar-refractivity contribution is -0.298. The molecule has 3 rings (SSSR count). The third-order valence-corrected chi connectivity index (χ3v) is 8.75. The van der Waals surface area contributed by atoms with E-state index in [0.29, 0.717) is 11.8 Å². The van der Waals surface area contributed by atoms with Crippen LogP contribution in [0.5, 0.6) is 0 Å². The Bertz CT molecular complexity index is 797. The summed E-state index contributed by atoms with van der Waals surface area (Å²) in [6, 6.07) is 0. The number of nitrogens with zero attached hydrogens (tertiary/aromatic N) is 1. The van der Waals surface area contributed by atoms with Crippen LogP contribution in [0.25, 0.3) is 0 Å². The number of carbonyl (C=O) groups is 2. The van der Waals surface area contributed by atoms with Crippen LogP contribution in [-0.4, -0.2) is 40.6 Å². The highest BCUT2D eigenvalue weighted by Crippen LogP contribution is 2.53. The van der Waals surface area contributed by atoms with E-state index in [2.05, 4.69) is 59.8 Å². The maximum Gasteiger partial charge on any atom is 0.345 e. The molecule has 5 nitrogen and oxygen atoms in total. The SMILES string of the molecule is C/C=C/[C@H]1C=C[C@H]2C[C@@H](C)CC[C@@H]2[C@@]1(C)C(=O)C(ON1C(C)(C)CCCC1(C)C)C(=O)OCC. The van der Waals surface area contributed by atoms with Gasteiger partial charge < -0.3 is 4.74 Å². The molecule has 0 aromatic carbocycles. The fourth-order valence-corrected chi connectivity index (χ4v) is 6.98. The number of Topliss-reactive ketones (excluding diaryl/α,β-unsaturated/α-hetero) is 1. The number of esters is 1. The lowest BCUT2D eigenvalue weighted by Crippen LogP contribution is -2.62. The molecule has 1 heterocycles. The van der Waals surface area contributed by atoms with E-state index in [-0.39, 0.29) is 35.3 Å². The van der Waals surface area contributed by atoms with Crippen LogP contribution in [-0.2, 0) is 19.2 Å². The van der Waals surface area contributed by atoms with E-state index in [0.717, 1.165) is 38.5 Å². The van der Waals surface area contributed by atoms with Crippen molar-refractivity contribution in [3.05, 3.63) is 24.3 Å². The molecule has 2 aliphatic carbocycles. The Labute approximate surface area is 207 Å². The lowest BCUT2D eigenvalue weighted by atomic mass is 9.53. The maximum absolute atomic E-state index is 14.5. The molecule has 1 saturated heterocycles. The van der Waals surface area contributed by atoms with Gasteiger partial charge in [-0.15, -0.1) is 0 Å². The van der Waals surface area contributed by atoms with Gasteiger partial charge >= 0.3 is 5.97 Å². The number of rotatable bonds is 7. The Balaban J connectivity index is 2.03. The van der Waals surface area contributed by atoms with E-state index in [4.69, 9.17) is 9.57 Å². The molecule has 192 valence electrons. The van der Waals surface area contributed by atoms with Gasteiger partial charge in [-0.25, -0.2) is 4.79 Å². The van der Waals surface area contributed by atoms with Crippen molar-refractivity contribution in [3.8, 4) is 0 Å². The first kappa shape index (κ1) is 27.1. The summed E-state index contributed by atoms with van der Waals surface area (Å²) in [6.45, 7) is 16.9. The van der Waals surface area contributed by atoms with Gasteiger partial charge in [-0.1, -0.05) is 44.6 Å². The predicted molar refractivity (Wildman–Crippen MR) is 136 cm³/mol. The van der Waals surface area contributed by atoms with Crippen LogP contribution in [0.3, 0.4) is 0 Å².